The van der Waals surface area contributed by atoms with Crippen LogP contribution in [-0.2, 0) is 6.42 Å². The third-order valence-electron chi connectivity index (χ3n) is 1.97. The minimum absolute atomic E-state index is 0.350. The van der Waals surface area contributed by atoms with Crippen LogP contribution >= 0.6 is 38.9 Å². The predicted molar refractivity (Wildman–Crippen MR) is 63.9 cm³/mol. The third kappa shape index (κ3) is 1.54. The van der Waals surface area contributed by atoms with Gasteiger partial charge in [0.15, 0.2) is 0 Å². The topological polar surface area (TPSA) is 23.8 Å². The maximum absolute atomic E-state index is 8.64. The zero-order chi connectivity index (χ0) is 10.1. The number of fused-ring (bicyclic) bond motifs is 1. The molecule has 4 heteroatoms. The number of hydrogen-bond donors (Lipinski definition) is 0. The summed E-state index contributed by atoms with van der Waals surface area (Å²) in [6.45, 7) is 0. The van der Waals surface area contributed by atoms with Crippen molar-refractivity contribution in [2.45, 2.75) is 6.42 Å². The van der Waals surface area contributed by atoms with Crippen molar-refractivity contribution in [3.8, 4) is 6.07 Å². The number of nitrogens with zero attached hydrogens (tertiary/aromatic N) is 1. The van der Waals surface area contributed by atoms with Crippen LogP contribution in [0.25, 0.3) is 10.1 Å². The summed E-state index contributed by atoms with van der Waals surface area (Å²) in [5.41, 5.74) is 0.881. The molecule has 0 radical (unpaired) electrons. The van der Waals surface area contributed by atoms with E-state index in [1.807, 2.05) is 17.5 Å². The summed E-state index contributed by atoms with van der Waals surface area (Å²) >= 11 is 11.3. The summed E-state index contributed by atoms with van der Waals surface area (Å²) in [7, 11) is 0. The molecule has 2 aromatic rings. The van der Waals surface area contributed by atoms with Crippen LogP contribution < -0.4 is 0 Å². The minimum atomic E-state index is 0.350. The summed E-state index contributed by atoms with van der Waals surface area (Å²) in [4.78, 5) is 0. The Kier molecular flexibility index (Phi) is 2.78. The normalized spacial score (nSPS) is 10.4. The van der Waals surface area contributed by atoms with Gasteiger partial charge in [-0.2, -0.15) is 5.26 Å². The second-order valence-corrected chi connectivity index (χ2v) is 4.98. The molecular weight excluding hydrogens is 282 g/mol. The monoisotopic (exact) mass is 285 g/mol. The lowest BCUT2D eigenvalue weighted by molar-refractivity contribution is 1.27. The van der Waals surface area contributed by atoms with Gasteiger partial charge in [-0.05, 0) is 39.0 Å². The molecule has 0 fully saturated rings. The van der Waals surface area contributed by atoms with Gasteiger partial charge < -0.3 is 0 Å². The van der Waals surface area contributed by atoms with Gasteiger partial charge >= 0.3 is 0 Å². The molecule has 0 N–H and O–H groups in total. The molecule has 1 aromatic carbocycles. The van der Waals surface area contributed by atoms with Gasteiger partial charge in [-0.1, -0.05) is 11.6 Å². The van der Waals surface area contributed by atoms with Crippen molar-refractivity contribution in [2.75, 3.05) is 0 Å². The van der Waals surface area contributed by atoms with Gasteiger partial charge in [-0.25, -0.2) is 0 Å². The maximum atomic E-state index is 8.64. The minimum Gasteiger partial charge on any atom is -0.198 e. The van der Waals surface area contributed by atoms with Crippen LogP contribution in [0.5, 0.6) is 0 Å². The molecule has 0 aliphatic carbocycles. The number of thiophene rings is 1. The van der Waals surface area contributed by atoms with Gasteiger partial charge in [-0.15, -0.1) is 11.3 Å². The maximum Gasteiger partial charge on any atom is 0.0670 e. The molecule has 0 saturated heterocycles. The van der Waals surface area contributed by atoms with Crippen molar-refractivity contribution in [2.24, 2.45) is 0 Å². The quantitative estimate of drug-likeness (QED) is 0.763. The molecule has 2 rings (SSSR count). The molecule has 0 atom stereocenters. The van der Waals surface area contributed by atoms with E-state index < -0.39 is 0 Å². The van der Waals surface area contributed by atoms with Gasteiger partial charge in [0.1, 0.15) is 0 Å². The zero-order valence-corrected chi connectivity index (χ0v) is 10.2. The van der Waals surface area contributed by atoms with Crippen molar-refractivity contribution < 1.29 is 0 Å². The van der Waals surface area contributed by atoms with E-state index in [4.69, 9.17) is 16.9 Å². The van der Waals surface area contributed by atoms with Crippen LogP contribution in [0.3, 0.4) is 0 Å². The van der Waals surface area contributed by atoms with Gasteiger partial charge in [-0.3, -0.25) is 0 Å². The molecular formula is C10H5BrClNS. The van der Waals surface area contributed by atoms with Gasteiger partial charge in [0.25, 0.3) is 0 Å². The molecule has 14 heavy (non-hydrogen) atoms. The lowest BCUT2D eigenvalue weighted by Gasteiger charge is -2.02. The molecule has 0 aliphatic rings. The van der Waals surface area contributed by atoms with Crippen molar-refractivity contribution in [3.63, 3.8) is 0 Å². The smallest absolute Gasteiger partial charge is 0.0670 e. The SMILES string of the molecule is N#CCc1cc(Br)c2sccc2c1Cl. The van der Waals surface area contributed by atoms with E-state index in [1.54, 1.807) is 11.3 Å². The number of halogens is 2. The van der Waals surface area contributed by atoms with Crippen LogP contribution in [0.2, 0.25) is 5.02 Å². The van der Waals surface area contributed by atoms with E-state index in [2.05, 4.69) is 22.0 Å². The average molecular weight is 287 g/mol. The second-order valence-electron chi connectivity index (χ2n) is 2.83. The van der Waals surface area contributed by atoms with E-state index in [0.717, 1.165) is 20.1 Å². The molecule has 0 spiro atoms. The molecule has 0 amide bonds. The van der Waals surface area contributed by atoms with Crippen molar-refractivity contribution in [3.05, 3.63) is 32.6 Å². The summed E-state index contributed by atoms with van der Waals surface area (Å²) < 4.78 is 2.15. The molecule has 1 aromatic heterocycles. The summed E-state index contributed by atoms with van der Waals surface area (Å²) in [6.07, 6.45) is 0.350. The molecule has 0 unspecified atom stereocenters. The zero-order valence-electron chi connectivity index (χ0n) is 7.05. The van der Waals surface area contributed by atoms with Crippen LogP contribution in [0.4, 0.5) is 0 Å². The van der Waals surface area contributed by atoms with E-state index in [9.17, 15) is 0 Å². The van der Waals surface area contributed by atoms with Crippen molar-refractivity contribution >= 4 is 49.0 Å². The Balaban J connectivity index is 2.76. The third-order valence-corrected chi connectivity index (χ3v) is 4.25. The fraction of sp³-hybridized carbons (Fsp3) is 0.100. The Morgan fingerprint density at radius 3 is 3.07 bits per heavy atom. The lowest BCUT2D eigenvalue weighted by Crippen LogP contribution is -1.84. The highest BCUT2D eigenvalue weighted by atomic mass is 79.9. The first kappa shape index (κ1) is 9.97. The molecule has 70 valence electrons. The summed E-state index contributed by atoms with van der Waals surface area (Å²) in [5.74, 6) is 0. The van der Waals surface area contributed by atoms with Crippen LogP contribution in [0, 0.1) is 11.3 Å². The fourth-order valence-electron chi connectivity index (χ4n) is 1.34. The first-order valence-corrected chi connectivity index (χ1v) is 6.00. The van der Waals surface area contributed by atoms with Crippen LogP contribution in [-0.4, -0.2) is 0 Å². The fourth-order valence-corrected chi connectivity index (χ4v) is 3.25. The van der Waals surface area contributed by atoms with Gasteiger partial charge in [0.2, 0.25) is 0 Å². The number of hydrogen-bond acceptors (Lipinski definition) is 2. The first-order chi connectivity index (χ1) is 6.74. The first-order valence-electron chi connectivity index (χ1n) is 3.95. The van der Waals surface area contributed by atoms with Crippen molar-refractivity contribution in [1.29, 1.82) is 5.26 Å². The summed E-state index contributed by atoms with van der Waals surface area (Å²) in [5, 5.41) is 12.4. The average Bonchev–Trinajstić information content (AvgIpc) is 2.63. The molecule has 0 saturated carbocycles. The number of benzene rings is 1. The predicted octanol–water partition coefficient (Wildman–Crippen LogP) is 4.38. The number of rotatable bonds is 1. The Morgan fingerprint density at radius 1 is 1.57 bits per heavy atom. The molecule has 0 aliphatic heterocycles. The van der Waals surface area contributed by atoms with Crippen LogP contribution in [0.15, 0.2) is 22.0 Å². The van der Waals surface area contributed by atoms with Crippen LogP contribution in [0.1, 0.15) is 5.56 Å². The molecule has 1 nitrogen and oxygen atoms in total. The highest BCUT2D eigenvalue weighted by Gasteiger charge is 2.09. The standard InChI is InChI=1S/C10H5BrClNS/c11-8-5-6(1-3-13)9(12)7-2-4-14-10(7)8/h2,4-5H,1H2. The Labute approximate surface area is 99.0 Å². The molecule has 0 bridgehead atoms. The largest absolute Gasteiger partial charge is 0.198 e. The number of nitriles is 1. The van der Waals surface area contributed by atoms with E-state index >= 15 is 0 Å². The van der Waals surface area contributed by atoms with E-state index in [-0.39, 0.29) is 0 Å². The van der Waals surface area contributed by atoms with E-state index in [1.165, 1.54) is 0 Å². The Bertz CT molecular complexity index is 527. The Morgan fingerprint density at radius 2 is 2.36 bits per heavy atom. The van der Waals surface area contributed by atoms with Gasteiger partial charge in [0.05, 0.1) is 17.5 Å². The van der Waals surface area contributed by atoms with Crippen molar-refractivity contribution in [1.82, 2.24) is 0 Å². The van der Waals surface area contributed by atoms with E-state index in [0.29, 0.717) is 11.4 Å². The highest BCUT2D eigenvalue weighted by Crippen LogP contribution is 2.36. The van der Waals surface area contributed by atoms with Gasteiger partial charge in [0, 0.05) is 14.6 Å². The molecule has 1 heterocycles. The second kappa shape index (κ2) is 3.90. The highest BCUT2D eigenvalue weighted by molar-refractivity contribution is 9.10. The Hall–Kier alpha value is -0.560. The summed E-state index contributed by atoms with van der Waals surface area (Å²) in [6, 6.07) is 6.01. The lowest BCUT2D eigenvalue weighted by atomic mass is 10.1.